The summed E-state index contributed by atoms with van der Waals surface area (Å²) in [6.07, 6.45) is 0. The van der Waals surface area contributed by atoms with Crippen LogP contribution in [0.3, 0.4) is 0 Å². The summed E-state index contributed by atoms with van der Waals surface area (Å²) in [4.78, 5) is 22.9. The van der Waals surface area contributed by atoms with Gasteiger partial charge in [-0.25, -0.2) is 4.98 Å². The van der Waals surface area contributed by atoms with Crippen LogP contribution in [0.4, 0.5) is 5.82 Å². The smallest absolute Gasteiger partial charge is 0.230 e. The van der Waals surface area contributed by atoms with Gasteiger partial charge in [0.1, 0.15) is 18.2 Å². The Kier molecular flexibility index (Phi) is 7.93. The molecule has 1 aliphatic heterocycles. The Hall–Kier alpha value is -2.32. The number of hydrogen-bond donors (Lipinski definition) is 1. The molecule has 0 spiro atoms. The third-order valence-electron chi connectivity index (χ3n) is 4.15. The summed E-state index contributed by atoms with van der Waals surface area (Å²) in [6.45, 7) is 5.69. The van der Waals surface area contributed by atoms with Gasteiger partial charge in [-0.1, -0.05) is 30.3 Å². The Morgan fingerprint density at radius 3 is 2.82 bits per heavy atom. The van der Waals surface area contributed by atoms with Crippen LogP contribution in [-0.4, -0.2) is 61.1 Å². The zero-order chi connectivity index (χ0) is 19.6. The molecule has 0 unspecified atom stereocenters. The molecular formula is C20H26N4O3S. The molecule has 7 nitrogen and oxygen atoms in total. The van der Waals surface area contributed by atoms with Crippen molar-refractivity contribution in [1.82, 2.24) is 15.3 Å². The number of amides is 1. The summed E-state index contributed by atoms with van der Waals surface area (Å²) in [5.41, 5.74) is 1.22. The van der Waals surface area contributed by atoms with Gasteiger partial charge >= 0.3 is 0 Å². The second kappa shape index (κ2) is 10.9. The maximum atomic E-state index is 11.9. The number of aromatic nitrogens is 2. The predicted molar refractivity (Wildman–Crippen MR) is 111 cm³/mol. The first-order valence-electron chi connectivity index (χ1n) is 9.40. The lowest BCUT2D eigenvalue weighted by atomic mass is 10.2. The van der Waals surface area contributed by atoms with Gasteiger partial charge in [-0.2, -0.15) is 4.98 Å². The Balaban J connectivity index is 1.36. The largest absolute Gasteiger partial charge is 0.476 e. The summed E-state index contributed by atoms with van der Waals surface area (Å²) in [5.74, 6) is 3.32. The lowest BCUT2D eigenvalue weighted by Gasteiger charge is -2.28. The molecule has 28 heavy (non-hydrogen) atoms. The number of nitrogens with zero attached hydrogens (tertiary/aromatic N) is 3. The van der Waals surface area contributed by atoms with Crippen LogP contribution in [0.2, 0.25) is 0 Å². The fourth-order valence-corrected chi connectivity index (χ4v) is 3.60. The van der Waals surface area contributed by atoms with Crippen LogP contribution in [-0.2, 0) is 15.3 Å². The van der Waals surface area contributed by atoms with E-state index in [-0.39, 0.29) is 5.91 Å². The van der Waals surface area contributed by atoms with E-state index >= 15 is 0 Å². The van der Waals surface area contributed by atoms with Crippen molar-refractivity contribution in [2.75, 3.05) is 50.1 Å². The molecule has 2 aromatic rings. The van der Waals surface area contributed by atoms with E-state index < -0.39 is 0 Å². The highest BCUT2D eigenvalue weighted by Crippen LogP contribution is 2.18. The van der Waals surface area contributed by atoms with Gasteiger partial charge in [0, 0.05) is 24.9 Å². The summed E-state index contributed by atoms with van der Waals surface area (Å²) < 4.78 is 11.1. The number of carbonyl (C=O) groups excluding carboxylic acids is 1. The van der Waals surface area contributed by atoms with Gasteiger partial charge in [-0.15, -0.1) is 11.8 Å². The Morgan fingerprint density at radius 1 is 1.25 bits per heavy atom. The van der Waals surface area contributed by atoms with Crippen molar-refractivity contribution in [3.63, 3.8) is 0 Å². The molecule has 150 valence electrons. The van der Waals surface area contributed by atoms with Gasteiger partial charge in [-0.3, -0.25) is 4.79 Å². The van der Waals surface area contributed by atoms with Gasteiger partial charge in [-0.05, 0) is 12.5 Å². The molecule has 0 aliphatic carbocycles. The minimum absolute atomic E-state index is 0.0115. The SMILES string of the molecule is Cc1nc(OCCNC(=O)CSCc2ccccc2)cc(N2CCOCC2)n1. The maximum absolute atomic E-state index is 11.9. The summed E-state index contributed by atoms with van der Waals surface area (Å²) in [7, 11) is 0. The quantitative estimate of drug-likeness (QED) is 0.643. The first-order valence-corrected chi connectivity index (χ1v) is 10.6. The second-order valence-electron chi connectivity index (χ2n) is 6.39. The molecule has 0 radical (unpaired) electrons. The van der Waals surface area contributed by atoms with Crippen LogP contribution in [0.1, 0.15) is 11.4 Å². The zero-order valence-corrected chi connectivity index (χ0v) is 16.9. The number of benzene rings is 1. The molecule has 0 saturated carbocycles. The molecule has 8 heteroatoms. The molecule has 1 saturated heterocycles. The van der Waals surface area contributed by atoms with Crippen LogP contribution < -0.4 is 15.0 Å². The highest BCUT2D eigenvalue weighted by molar-refractivity contribution is 7.99. The monoisotopic (exact) mass is 402 g/mol. The minimum atomic E-state index is 0.0115. The zero-order valence-electron chi connectivity index (χ0n) is 16.1. The van der Waals surface area contributed by atoms with Crippen LogP contribution in [0.15, 0.2) is 36.4 Å². The van der Waals surface area contributed by atoms with Crippen molar-refractivity contribution < 1.29 is 14.3 Å². The molecule has 0 atom stereocenters. The Bertz CT molecular complexity index is 754. The fraction of sp³-hybridized carbons (Fsp3) is 0.450. The molecule has 1 N–H and O–H groups in total. The number of hydrogen-bond acceptors (Lipinski definition) is 7. The maximum Gasteiger partial charge on any atom is 0.230 e. The van der Waals surface area contributed by atoms with Crippen LogP contribution >= 0.6 is 11.8 Å². The molecule has 0 bridgehead atoms. The van der Waals surface area contributed by atoms with Gasteiger partial charge in [0.2, 0.25) is 11.8 Å². The van der Waals surface area contributed by atoms with E-state index in [9.17, 15) is 4.79 Å². The molecule has 1 fully saturated rings. The highest BCUT2D eigenvalue weighted by Gasteiger charge is 2.14. The minimum Gasteiger partial charge on any atom is -0.476 e. The van der Waals surface area contributed by atoms with E-state index in [1.807, 2.05) is 31.2 Å². The van der Waals surface area contributed by atoms with Crippen molar-refractivity contribution in [3.05, 3.63) is 47.8 Å². The van der Waals surface area contributed by atoms with E-state index in [1.165, 1.54) is 5.56 Å². The first-order chi connectivity index (χ1) is 13.7. The van der Waals surface area contributed by atoms with Crippen molar-refractivity contribution in [3.8, 4) is 5.88 Å². The number of ether oxygens (including phenoxy) is 2. The Labute approximate surface area is 169 Å². The van der Waals surface area contributed by atoms with E-state index in [1.54, 1.807) is 11.8 Å². The number of thioether (sulfide) groups is 1. The van der Waals surface area contributed by atoms with Crippen LogP contribution in [0, 0.1) is 6.92 Å². The average Bonchev–Trinajstić information content (AvgIpc) is 2.72. The van der Waals surface area contributed by atoms with Crippen molar-refractivity contribution in [1.29, 1.82) is 0 Å². The molecule has 1 aromatic carbocycles. The number of anilines is 1. The van der Waals surface area contributed by atoms with Crippen molar-refractivity contribution in [2.24, 2.45) is 0 Å². The molecule has 2 heterocycles. The first kappa shape index (κ1) is 20.4. The second-order valence-corrected chi connectivity index (χ2v) is 7.37. The van der Waals surface area contributed by atoms with Crippen molar-refractivity contribution in [2.45, 2.75) is 12.7 Å². The normalized spacial score (nSPS) is 14.0. The van der Waals surface area contributed by atoms with Crippen LogP contribution in [0.5, 0.6) is 5.88 Å². The van der Waals surface area contributed by atoms with E-state index in [2.05, 4.69) is 32.3 Å². The van der Waals surface area contributed by atoms with Gasteiger partial charge in [0.25, 0.3) is 0 Å². The number of morpholine rings is 1. The van der Waals surface area contributed by atoms with Crippen LogP contribution in [0.25, 0.3) is 0 Å². The van der Waals surface area contributed by atoms with E-state index in [4.69, 9.17) is 9.47 Å². The summed E-state index contributed by atoms with van der Waals surface area (Å²) in [5, 5.41) is 2.88. The number of carbonyl (C=O) groups is 1. The van der Waals surface area contributed by atoms with Crippen molar-refractivity contribution >= 4 is 23.5 Å². The van der Waals surface area contributed by atoms with E-state index in [0.717, 1.165) is 24.7 Å². The topological polar surface area (TPSA) is 76.6 Å². The Morgan fingerprint density at radius 2 is 2.04 bits per heavy atom. The van der Waals surface area contributed by atoms with Gasteiger partial charge in [0.05, 0.1) is 25.5 Å². The number of aryl methyl sites for hydroxylation is 1. The lowest BCUT2D eigenvalue weighted by molar-refractivity contribution is -0.118. The third kappa shape index (κ3) is 6.69. The molecule has 1 aromatic heterocycles. The lowest BCUT2D eigenvalue weighted by Crippen LogP contribution is -2.37. The van der Waals surface area contributed by atoms with E-state index in [0.29, 0.717) is 43.8 Å². The number of rotatable bonds is 9. The summed E-state index contributed by atoms with van der Waals surface area (Å²) >= 11 is 1.60. The number of nitrogens with one attached hydrogen (secondary N) is 1. The summed E-state index contributed by atoms with van der Waals surface area (Å²) in [6, 6.07) is 12.0. The third-order valence-corrected chi connectivity index (χ3v) is 5.16. The molecular weight excluding hydrogens is 376 g/mol. The fourth-order valence-electron chi connectivity index (χ4n) is 2.79. The average molecular weight is 403 g/mol. The molecule has 1 aliphatic rings. The standard InChI is InChI=1S/C20H26N4O3S/c1-16-22-18(24-8-11-26-12-9-24)13-20(23-16)27-10-7-21-19(25)15-28-14-17-5-3-2-4-6-17/h2-6,13H,7-12,14-15H2,1H3,(H,21,25). The van der Waals surface area contributed by atoms with Gasteiger partial charge in [0.15, 0.2) is 0 Å². The highest BCUT2D eigenvalue weighted by atomic mass is 32.2. The van der Waals surface area contributed by atoms with Gasteiger partial charge < -0.3 is 19.7 Å². The molecule has 1 amide bonds. The predicted octanol–water partition coefficient (Wildman–Crippen LogP) is 2.05. The molecule has 3 rings (SSSR count).